The highest BCUT2D eigenvalue weighted by Gasteiger charge is 2.20. The summed E-state index contributed by atoms with van der Waals surface area (Å²) in [6, 6.07) is 3.50. The number of rotatable bonds is 3. The smallest absolute Gasteiger partial charge is 0.241 e. The van der Waals surface area contributed by atoms with Crippen molar-refractivity contribution in [2.24, 2.45) is 0 Å². The van der Waals surface area contributed by atoms with Crippen LogP contribution in [-0.2, 0) is 4.79 Å². The number of amides is 1. The first-order valence-electron chi connectivity index (χ1n) is 6.68. The van der Waals surface area contributed by atoms with Crippen LogP contribution in [0, 0.1) is 0 Å². The van der Waals surface area contributed by atoms with Crippen molar-refractivity contribution in [3.63, 3.8) is 0 Å². The van der Waals surface area contributed by atoms with Gasteiger partial charge in [-0.1, -0.05) is 6.42 Å². The van der Waals surface area contributed by atoms with E-state index >= 15 is 0 Å². The topological polar surface area (TPSA) is 84.7 Å². The van der Waals surface area contributed by atoms with E-state index < -0.39 is 0 Å². The van der Waals surface area contributed by atoms with Gasteiger partial charge in [-0.05, 0) is 31.5 Å². The Morgan fingerprint density at radius 1 is 1.40 bits per heavy atom. The van der Waals surface area contributed by atoms with Gasteiger partial charge >= 0.3 is 0 Å². The summed E-state index contributed by atoms with van der Waals surface area (Å²) in [5, 5.41) is 10.1. The molecule has 3 heterocycles. The molecule has 2 aromatic heterocycles. The van der Waals surface area contributed by atoms with Gasteiger partial charge in [0, 0.05) is 0 Å². The zero-order chi connectivity index (χ0) is 13.8. The molecule has 2 N–H and O–H groups in total. The lowest BCUT2D eigenvalue weighted by atomic mass is 10.0. The van der Waals surface area contributed by atoms with Gasteiger partial charge in [0.2, 0.25) is 5.91 Å². The largest absolute Gasteiger partial charge is 0.323 e. The molecule has 7 nitrogen and oxygen atoms in total. The third-order valence-corrected chi connectivity index (χ3v) is 3.30. The number of pyridine rings is 1. The van der Waals surface area contributed by atoms with E-state index in [1.807, 2.05) is 6.07 Å². The Morgan fingerprint density at radius 3 is 3.00 bits per heavy atom. The summed E-state index contributed by atoms with van der Waals surface area (Å²) in [5.74, 6) is 0.663. The molecule has 3 rings (SSSR count). The molecule has 1 amide bonds. The molecule has 104 valence electrons. The maximum atomic E-state index is 12.1. The van der Waals surface area contributed by atoms with Crippen LogP contribution in [0.1, 0.15) is 19.3 Å². The summed E-state index contributed by atoms with van der Waals surface area (Å²) >= 11 is 0. The third-order valence-electron chi connectivity index (χ3n) is 3.30. The number of anilines is 1. The van der Waals surface area contributed by atoms with Gasteiger partial charge in [0.1, 0.15) is 12.7 Å². The second-order valence-corrected chi connectivity index (χ2v) is 4.74. The van der Waals surface area contributed by atoms with E-state index in [1.165, 1.54) is 6.33 Å². The van der Waals surface area contributed by atoms with Crippen LogP contribution in [0.5, 0.6) is 0 Å². The van der Waals surface area contributed by atoms with Crippen LogP contribution in [0.15, 0.2) is 31.0 Å². The van der Waals surface area contributed by atoms with Crippen LogP contribution in [0.3, 0.4) is 0 Å². The molecule has 0 spiro atoms. The Hall–Kier alpha value is -2.28. The first-order valence-corrected chi connectivity index (χ1v) is 6.68. The van der Waals surface area contributed by atoms with Crippen LogP contribution in [-0.4, -0.2) is 38.2 Å². The molecule has 1 fully saturated rings. The van der Waals surface area contributed by atoms with Crippen molar-refractivity contribution in [1.82, 2.24) is 25.1 Å². The van der Waals surface area contributed by atoms with Gasteiger partial charge < -0.3 is 10.6 Å². The highest BCUT2D eigenvalue weighted by atomic mass is 16.2. The molecule has 1 aliphatic rings. The fourth-order valence-corrected chi connectivity index (χ4v) is 2.23. The summed E-state index contributed by atoms with van der Waals surface area (Å²) in [6.07, 6.45) is 7.76. The quantitative estimate of drug-likeness (QED) is 0.861. The molecule has 1 saturated heterocycles. The fourth-order valence-electron chi connectivity index (χ4n) is 2.23. The molecular formula is C13H16N6O. The number of nitrogens with one attached hydrogen (secondary N) is 2. The molecule has 1 aliphatic heterocycles. The molecule has 7 heteroatoms. The standard InChI is InChI=1S/C13H16N6O/c20-13(11-3-1-2-6-15-11)18-10-4-5-12(16-7-10)19-9-14-8-17-19/h4-5,7-9,11,15H,1-3,6H2,(H,18,20)/t11-/m1/s1. The molecule has 1 atom stereocenters. The van der Waals surface area contributed by atoms with Crippen molar-refractivity contribution in [1.29, 1.82) is 0 Å². The average Bonchev–Trinajstić information content (AvgIpc) is 3.03. The van der Waals surface area contributed by atoms with Crippen molar-refractivity contribution in [3.05, 3.63) is 31.0 Å². The molecule has 0 aliphatic carbocycles. The van der Waals surface area contributed by atoms with Gasteiger partial charge in [0.05, 0.1) is 17.9 Å². The van der Waals surface area contributed by atoms with E-state index in [2.05, 4.69) is 25.7 Å². The van der Waals surface area contributed by atoms with Crippen LogP contribution >= 0.6 is 0 Å². The minimum absolute atomic E-state index is 0.00000541. The zero-order valence-corrected chi connectivity index (χ0v) is 11.0. The number of nitrogens with zero attached hydrogens (tertiary/aromatic N) is 4. The lowest BCUT2D eigenvalue weighted by Gasteiger charge is -2.22. The van der Waals surface area contributed by atoms with E-state index in [4.69, 9.17) is 0 Å². The van der Waals surface area contributed by atoms with E-state index in [0.29, 0.717) is 11.5 Å². The number of hydrogen-bond acceptors (Lipinski definition) is 5. The lowest BCUT2D eigenvalue weighted by molar-refractivity contribution is -0.118. The molecule has 0 bridgehead atoms. The molecule has 0 aromatic carbocycles. The highest BCUT2D eigenvalue weighted by Crippen LogP contribution is 2.12. The number of carbonyl (C=O) groups excluding carboxylic acids is 1. The highest BCUT2D eigenvalue weighted by molar-refractivity contribution is 5.94. The van der Waals surface area contributed by atoms with E-state index in [1.54, 1.807) is 23.3 Å². The summed E-state index contributed by atoms with van der Waals surface area (Å²) in [5.41, 5.74) is 0.686. The van der Waals surface area contributed by atoms with Gasteiger partial charge in [0.15, 0.2) is 5.82 Å². The Kier molecular flexibility index (Phi) is 3.69. The van der Waals surface area contributed by atoms with Crippen molar-refractivity contribution >= 4 is 11.6 Å². The predicted molar refractivity (Wildman–Crippen MR) is 73.4 cm³/mol. The van der Waals surface area contributed by atoms with Crippen LogP contribution < -0.4 is 10.6 Å². The maximum Gasteiger partial charge on any atom is 0.241 e. The van der Waals surface area contributed by atoms with E-state index in [9.17, 15) is 4.79 Å². The van der Waals surface area contributed by atoms with Gasteiger partial charge in [-0.15, -0.1) is 0 Å². The number of piperidine rings is 1. The molecule has 0 saturated carbocycles. The zero-order valence-electron chi connectivity index (χ0n) is 11.0. The average molecular weight is 272 g/mol. The summed E-state index contributed by atoms with van der Waals surface area (Å²) in [7, 11) is 0. The van der Waals surface area contributed by atoms with E-state index in [-0.39, 0.29) is 11.9 Å². The van der Waals surface area contributed by atoms with Crippen LogP contribution in [0.4, 0.5) is 5.69 Å². The number of carbonyl (C=O) groups is 1. The summed E-state index contributed by atoms with van der Waals surface area (Å²) < 4.78 is 1.56. The molecule has 0 radical (unpaired) electrons. The minimum Gasteiger partial charge on any atom is -0.323 e. The number of aromatic nitrogens is 4. The molecule has 2 aromatic rings. The number of hydrogen-bond donors (Lipinski definition) is 2. The van der Waals surface area contributed by atoms with Crippen molar-refractivity contribution in [2.75, 3.05) is 11.9 Å². The van der Waals surface area contributed by atoms with Crippen molar-refractivity contribution in [2.45, 2.75) is 25.3 Å². The Balaban J connectivity index is 1.64. The van der Waals surface area contributed by atoms with Crippen molar-refractivity contribution < 1.29 is 4.79 Å². The fraction of sp³-hybridized carbons (Fsp3) is 0.385. The molecule has 0 unspecified atom stereocenters. The monoisotopic (exact) mass is 272 g/mol. The minimum atomic E-state index is -0.0984. The second-order valence-electron chi connectivity index (χ2n) is 4.74. The van der Waals surface area contributed by atoms with Crippen LogP contribution in [0.25, 0.3) is 5.82 Å². The predicted octanol–water partition coefficient (Wildman–Crippen LogP) is 0.743. The first kappa shape index (κ1) is 12.7. The SMILES string of the molecule is O=C(Nc1ccc(-n2cncn2)nc1)[C@H]1CCCCN1. The molecular weight excluding hydrogens is 256 g/mol. The normalized spacial score (nSPS) is 18.7. The summed E-state index contributed by atoms with van der Waals surface area (Å²) in [6.45, 7) is 0.904. The second kappa shape index (κ2) is 5.79. The van der Waals surface area contributed by atoms with Gasteiger partial charge in [-0.2, -0.15) is 5.10 Å². The van der Waals surface area contributed by atoms with Gasteiger partial charge in [-0.25, -0.2) is 14.6 Å². The van der Waals surface area contributed by atoms with Gasteiger partial charge in [0.25, 0.3) is 0 Å². The lowest BCUT2D eigenvalue weighted by Crippen LogP contribution is -2.43. The third kappa shape index (κ3) is 2.83. The molecule has 20 heavy (non-hydrogen) atoms. The first-order chi connectivity index (χ1) is 9.83. The van der Waals surface area contributed by atoms with E-state index in [0.717, 1.165) is 25.8 Å². The maximum absolute atomic E-state index is 12.1. The Labute approximate surface area is 116 Å². The van der Waals surface area contributed by atoms with Crippen LogP contribution in [0.2, 0.25) is 0 Å². The Bertz CT molecular complexity index is 559. The van der Waals surface area contributed by atoms with Crippen molar-refractivity contribution in [3.8, 4) is 5.82 Å². The Morgan fingerprint density at radius 2 is 2.35 bits per heavy atom. The van der Waals surface area contributed by atoms with Gasteiger partial charge in [-0.3, -0.25) is 4.79 Å². The summed E-state index contributed by atoms with van der Waals surface area (Å²) in [4.78, 5) is 20.2.